The molecule has 2 rings (SSSR count). The predicted molar refractivity (Wildman–Crippen MR) is 78.4 cm³/mol. The molecule has 0 saturated carbocycles. The summed E-state index contributed by atoms with van der Waals surface area (Å²) in [5, 5.41) is 3.53. The van der Waals surface area contributed by atoms with Gasteiger partial charge in [0.2, 0.25) is 0 Å². The SMILES string of the molecule is CC1CS(=O)CC(c2ccc(C(C)(C)C)cc2)N1. The van der Waals surface area contributed by atoms with Crippen LogP contribution in [0.25, 0.3) is 0 Å². The zero-order valence-corrected chi connectivity index (χ0v) is 12.5. The molecule has 0 aromatic heterocycles. The van der Waals surface area contributed by atoms with Crippen LogP contribution in [0.1, 0.15) is 44.9 Å². The molecule has 1 aromatic rings. The van der Waals surface area contributed by atoms with Gasteiger partial charge in [-0.15, -0.1) is 0 Å². The van der Waals surface area contributed by atoms with Gasteiger partial charge in [-0.2, -0.15) is 0 Å². The summed E-state index contributed by atoms with van der Waals surface area (Å²) in [5.41, 5.74) is 2.79. The van der Waals surface area contributed by atoms with Gasteiger partial charge >= 0.3 is 0 Å². The molecule has 0 amide bonds. The van der Waals surface area contributed by atoms with Crippen molar-refractivity contribution >= 4 is 10.8 Å². The van der Waals surface area contributed by atoms with E-state index in [-0.39, 0.29) is 11.5 Å². The van der Waals surface area contributed by atoms with Gasteiger partial charge in [-0.1, -0.05) is 45.0 Å². The molecule has 0 aliphatic carbocycles. The van der Waals surface area contributed by atoms with Crippen molar-refractivity contribution in [3.05, 3.63) is 35.4 Å². The smallest absolute Gasteiger partial charge is 0.0439 e. The van der Waals surface area contributed by atoms with Crippen LogP contribution in [0.3, 0.4) is 0 Å². The highest BCUT2D eigenvalue weighted by Crippen LogP contribution is 2.25. The van der Waals surface area contributed by atoms with E-state index in [2.05, 4.69) is 57.3 Å². The third kappa shape index (κ3) is 3.21. The molecule has 1 aliphatic heterocycles. The van der Waals surface area contributed by atoms with Crippen LogP contribution in [0, 0.1) is 0 Å². The largest absolute Gasteiger partial charge is 0.306 e. The summed E-state index contributed by atoms with van der Waals surface area (Å²) in [6.45, 7) is 8.77. The van der Waals surface area contributed by atoms with Crippen molar-refractivity contribution in [1.82, 2.24) is 5.32 Å². The number of nitrogens with one attached hydrogen (secondary N) is 1. The lowest BCUT2D eigenvalue weighted by atomic mass is 9.86. The van der Waals surface area contributed by atoms with Crippen LogP contribution in [-0.4, -0.2) is 21.8 Å². The fourth-order valence-electron chi connectivity index (χ4n) is 2.38. The Morgan fingerprint density at radius 3 is 2.28 bits per heavy atom. The molecule has 1 fully saturated rings. The molecule has 0 radical (unpaired) electrons. The molecule has 3 atom stereocenters. The fourth-order valence-corrected chi connectivity index (χ4v) is 3.83. The maximum atomic E-state index is 11.8. The third-order valence-corrected chi connectivity index (χ3v) is 5.03. The lowest BCUT2D eigenvalue weighted by molar-refractivity contribution is 0.489. The first kappa shape index (κ1) is 13.8. The molecule has 18 heavy (non-hydrogen) atoms. The predicted octanol–water partition coefficient (Wildman–Crippen LogP) is 2.77. The summed E-state index contributed by atoms with van der Waals surface area (Å²) in [5.74, 6) is 1.51. The molecule has 0 bridgehead atoms. The first-order valence-electron chi connectivity index (χ1n) is 6.58. The molecule has 1 N–H and O–H groups in total. The van der Waals surface area contributed by atoms with E-state index in [9.17, 15) is 4.21 Å². The highest BCUT2D eigenvalue weighted by Gasteiger charge is 2.24. The Morgan fingerprint density at radius 2 is 1.78 bits per heavy atom. The van der Waals surface area contributed by atoms with Crippen molar-refractivity contribution in [1.29, 1.82) is 0 Å². The maximum Gasteiger partial charge on any atom is 0.0439 e. The van der Waals surface area contributed by atoms with Gasteiger partial charge in [0.1, 0.15) is 0 Å². The Labute approximate surface area is 113 Å². The van der Waals surface area contributed by atoms with Crippen LogP contribution in [0.5, 0.6) is 0 Å². The molecule has 2 nitrogen and oxygen atoms in total. The summed E-state index contributed by atoms with van der Waals surface area (Å²) >= 11 is 0. The molecular formula is C15H23NOS. The Bertz CT molecular complexity index is 433. The van der Waals surface area contributed by atoms with Crippen molar-refractivity contribution in [2.24, 2.45) is 0 Å². The lowest BCUT2D eigenvalue weighted by Gasteiger charge is -2.29. The maximum absolute atomic E-state index is 11.8. The molecule has 1 heterocycles. The number of hydrogen-bond acceptors (Lipinski definition) is 2. The van der Waals surface area contributed by atoms with Crippen molar-refractivity contribution in [2.75, 3.05) is 11.5 Å². The van der Waals surface area contributed by atoms with Crippen LogP contribution in [0.2, 0.25) is 0 Å². The lowest BCUT2D eigenvalue weighted by Crippen LogP contribution is -2.43. The average Bonchev–Trinajstić information content (AvgIpc) is 2.27. The minimum Gasteiger partial charge on any atom is -0.306 e. The zero-order valence-electron chi connectivity index (χ0n) is 11.7. The summed E-state index contributed by atoms with van der Waals surface area (Å²) in [4.78, 5) is 0. The van der Waals surface area contributed by atoms with Gasteiger partial charge in [-0.3, -0.25) is 4.21 Å². The molecule has 1 saturated heterocycles. The van der Waals surface area contributed by atoms with Gasteiger partial charge in [-0.25, -0.2) is 0 Å². The van der Waals surface area contributed by atoms with E-state index in [1.54, 1.807) is 0 Å². The second kappa shape index (κ2) is 5.14. The van der Waals surface area contributed by atoms with Crippen molar-refractivity contribution in [3.63, 3.8) is 0 Å². The molecule has 1 aromatic carbocycles. The molecule has 1 aliphatic rings. The van der Waals surface area contributed by atoms with Gasteiger partial charge in [-0.05, 0) is 23.5 Å². The van der Waals surface area contributed by atoms with Gasteiger partial charge in [0.05, 0.1) is 0 Å². The van der Waals surface area contributed by atoms with Gasteiger partial charge in [0.15, 0.2) is 0 Å². The second-order valence-corrected chi connectivity index (χ2v) is 7.81. The highest BCUT2D eigenvalue weighted by atomic mass is 32.2. The summed E-state index contributed by atoms with van der Waals surface area (Å²) < 4.78 is 11.8. The van der Waals surface area contributed by atoms with E-state index < -0.39 is 10.8 Å². The first-order valence-corrected chi connectivity index (χ1v) is 8.06. The normalized spacial score (nSPS) is 29.2. The molecule has 3 unspecified atom stereocenters. The van der Waals surface area contributed by atoms with Gasteiger partial charge in [0.25, 0.3) is 0 Å². The fraction of sp³-hybridized carbons (Fsp3) is 0.600. The number of benzene rings is 1. The van der Waals surface area contributed by atoms with Crippen LogP contribution in [-0.2, 0) is 16.2 Å². The van der Waals surface area contributed by atoms with Gasteiger partial charge in [0, 0.05) is 34.4 Å². The summed E-state index contributed by atoms with van der Waals surface area (Å²) in [6, 6.07) is 9.31. The second-order valence-electron chi connectivity index (χ2n) is 6.27. The van der Waals surface area contributed by atoms with E-state index in [1.165, 1.54) is 11.1 Å². The average molecular weight is 265 g/mol. The van der Waals surface area contributed by atoms with E-state index >= 15 is 0 Å². The minimum atomic E-state index is -0.686. The van der Waals surface area contributed by atoms with Crippen molar-refractivity contribution < 1.29 is 4.21 Å². The quantitative estimate of drug-likeness (QED) is 0.846. The number of rotatable bonds is 1. The van der Waals surface area contributed by atoms with Crippen LogP contribution in [0.4, 0.5) is 0 Å². The zero-order chi connectivity index (χ0) is 13.3. The molecular weight excluding hydrogens is 242 g/mol. The Balaban J connectivity index is 2.17. The topological polar surface area (TPSA) is 29.1 Å². The Hall–Kier alpha value is -0.670. The Kier molecular flexibility index (Phi) is 3.93. The number of hydrogen-bond donors (Lipinski definition) is 1. The monoisotopic (exact) mass is 265 g/mol. The summed E-state index contributed by atoms with van der Waals surface area (Å²) in [6.07, 6.45) is 0. The molecule has 0 spiro atoms. The van der Waals surface area contributed by atoms with Gasteiger partial charge < -0.3 is 5.32 Å². The van der Waals surface area contributed by atoms with Crippen LogP contribution < -0.4 is 5.32 Å². The van der Waals surface area contributed by atoms with Crippen LogP contribution in [0.15, 0.2) is 24.3 Å². The van der Waals surface area contributed by atoms with Crippen molar-refractivity contribution in [3.8, 4) is 0 Å². The minimum absolute atomic E-state index is 0.189. The summed E-state index contributed by atoms with van der Waals surface area (Å²) in [7, 11) is -0.686. The third-order valence-electron chi connectivity index (χ3n) is 3.45. The molecule has 100 valence electrons. The van der Waals surface area contributed by atoms with Crippen LogP contribution >= 0.6 is 0 Å². The van der Waals surface area contributed by atoms with E-state index in [4.69, 9.17) is 0 Å². The Morgan fingerprint density at radius 1 is 1.17 bits per heavy atom. The molecule has 3 heteroatoms. The standard InChI is InChI=1S/C15H23NOS/c1-11-9-18(17)10-14(16-11)12-5-7-13(8-6-12)15(2,3)4/h5-8,11,14,16H,9-10H2,1-4H3. The first-order chi connectivity index (χ1) is 8.36. The highest BCUT2D eigenvalue weighted by molar-refractivity contribution is 7.85. The van der Waals surface area contributed by atoms with Crippen molar-refractivity contribution in [2.45, 2.75) is 45.2 Å². The van der Waals surface area contributed by atoms with E-state index in [0.717, 1.165) is 11.5 Å². The van der Waals surface area contributed by atoms with E-state index in [1.807, 2.05) is 0 Å². The van der Waals surface area contributed by atoms with E-state index in [0.29, 0.717) is 6.04 Å².